The van der Waals surface area contributed by atoms with Crippen LogP contribution in [0.1, 0.15) is 13.8 Å². The molecule has 7 nitrogen and oxygen atoms in total. The molecular weight excluding hydrogens is 353 g/mol. The highest BCUT2D eigenvalue weighted by atomic mass is 35.5. The molecule has 0 saturated carbocycles. The fourth-order valence-electron chi connectivity index (χ4n) is 1.80. The smallest absolute Gasteiger partial charge is 0.290 e. The number of benzene rings is 1. The van der Waals surface area contributed by atoms with Gasteiger partial charge in [-0.15, -0.1) is 12.4 Å². The van der Waals surface area contributed by atoms with E-state index in [0.717, 1.165) is 10.4 Å². The molecule has 0 spiro atoms. The normalized spacial score (nSPS) is 12.1. The van der Waals surface area contributed by atoms with E-state index in [1.807, 2.05) is 0 Å². The van der Waals surface area contributed by atoms with E-state index >= 15 is 0 Å². The molecule has 0 saturated heterocycles. The van der Waals surface area contributed by atoms with Crippen LogP contribution in [-0.4, -0.2) is 37.8 Å². The maximum atomic E-state index is 12.6. The second-order valence-corrected chi connectivity index (χ2v) is 7.86. The molecule has 0 radical (unpaired) electrons. The predicted octanol–water partition coefficient (Wildman–Crippen LogP) is 2.28. The van der Waals surface area contributed by atoms with Crippen LogP contribution in [0.3, 0.4) is 0 Å². The summed E-state index contributed by atoms with van der Waals surface area (Å²) >= 11 is 5.87. The highest BCUT2D eigenvalue weighted by Gasteiger charge is 2.34. The molecule has 22 heavy (non-hydrogen) atoms. The number of rotatable bonds is 6. The SMILES string of the molecule is CN(CC(C)(C)CN)S(=O)(=O)c1c(Cl)cccc1[N+](=O)[O-].Cl. The summed E-state index contributed by atoms with van der Waals surface area (Å²) < 4.78 is 26.2. The first kappa shape index (κ1) is 21.1. The Bertz CT molecular complexity index is 650. The summed E-state index contributed by atoms with van der Waals surface area (Å²) in [6.45, 7) is 4.01. The second kappa shape index (κ2) is 7.56. The largest absolute Gasteiger partial charge is 0.330 e. The van der Waals surface area contributed by atoms with Gasteiger partial charge in [0.15, 0.2) is 4.90 Å². The maximum Gasteiger partial charge on any atom is 0.290 e. The zero-order valence-electron chi connectivity index (χ0n) is 12.4. The summed E-state index contributed by atoms with van der Waals surface area (Å²) in [5.74, 6) is 0. The minimum Gasteiger partial charge on any atom is -0.330 e. The quantitative estimate of drug-likeness (QED) is 0.609. The lowest BCUT2D eigenvalue weighted by atomic mass is 9.94. The van der Waals surface area contributed by atoms with Crippen molar-refractivity contribution in [3.63, 3.8) is 0 Å². The number of hydrogen-bond donors (Lipinski definition) is 1. The van der Waals surface area contributed by atoms with Crippen molar-refractivity contribution >= 4 is 39.7 Å². The van der Waals surface area contributed by atoms with E-state index in [4.69, 9.17) is 17.3 Å². The fourth-order valence-corrected chi connectivity index (χ4v) is 3.82. The second-order valence-electron chi connectivity index (χ2n) is 5.47. The van der Waals surface area contributed by atoms with Gasteiger partial charge in [-0.2, -0.15) is 0 Å². The lowest BCUT2D eigenvalue weighted by Gasteiger charge is -2.28. The highest BCUT2D eigenvalue weighted by Crippen LogP contribution is 2.33. The summed E-state index contributed by atoms with van der Waals surface area (Å²) in [5.41, 5.74) is 4.59. The number of nitro benzene ring substituents is 1. The minimum absolute atomic E-state index is 0. The zero-order valence-corrected chi connectivity index (χ0v) is 14.8. The topological polar surface area (TPSA) is 107 Å². The summed E-state index contributed by atoms with van der Waals surface area (Å²) in [5, 5.41) is 10.8. The van der Waals surface area contributed by atoms with E-state index < -0.39 is 30.9 Å². The molecule has 1 rings (SSSR count). The van der Waals surface area contributed by atoms with Gasteiger partial charge in [0.1, 0.15) is 0 Å². The van der Waals surface area contributed by atoms with E-state index in [1.54, 1.807) is 13.8 Å². The van der Waals surface area contributed by atoms with Gasteiger partial charge in [-0.1, -0.05) is 31.5 Å². The zero-order chi connectivity index (χ0) is 16.4. The Morgan fingerprint density at radius 2 is 1.95 bits per heavy atom. The van der Waals surface area contributed by atoms with Crippen LogP contribution in [0.5, 0.6) is 0 Å². The summed E-state index contributed by atoms with van der Waals surface area (Å²) in [4.78, 5) is 9.77. The number of nitrogens with two attached hydrogens (primary N) is 1. The Balaban J connectivity index is 0.00000441. The lowest BCUT2D eigenvalue weighted by Crippen LogP contribution is -2.40. The molecule has 0 amide bonds. The van der Waals surface area contributed by atoms with Crippen molar-refractivity contribution in [1.29, 1.82) is 0 Å². The molecule has 2 N–H and O–H groups in total. The monoisotopic (exact) mass is 371 g/mol. The van der Waals surface area contributed by atoms with Gasteiger partial charge >= 0.3 is 0 Å². The highest BCUT2D eigenvalue weighted by molar-refractivity contribution is 7.89. The summed E-state index contributed by atoms with van der Waals surface area (Å²) in [6.07, 6.45) is 0. The Kier molecular flexibility index (Phi) is 7.24. The first-order valence-electron chi connectivity index (χ1n) is 6.12. The molecule has 0 atom stereocenters. The molecule has 0 aromatic heterocycles. The summed E-state index contributed by atoms with van der Waals surface area (Å²) in [6, 6.07) is 3.76. The van der Waals surface area contributed by atoms with Crippen LogP contribution in [0.25, 0.3) is 0 Å². The average molecular weight is 372 g/mol. The van der Waals surface area contributed by atoms with Gasteiger partial charge in [-0.25, -0.2) is 12.7 Å². The van der Waals surface area contributed by atoms with Gasteiger partial charge in [-0.3, -0.25) is 10.1 Å². The molecule has 0 bridgehead atoms. The third kappa shape index (κ3) is 4.53. The molecule has 1 aromatic rings. The first-order valence-corrected chi connectivity index (χ1v) is 7.94. The van der Waals surface area contributed by atoms with Crippen LogP contribution in [0.2, 0.25) is 5.02 Å². The van der Waals surface area contributed by atoms with E-state index in [0.29, 0.717) is 0 Å². The molecular formula is C12H19Cl2N3O4S. The molecule has 10 heteroatoms. The van der Waals surface area contributed by atoms with Crippen LogP contribution >= 0.6 is 24.0 Å². The molecule has 126 valence electrons. The van der Waals surface area contributed by atoms with Crippen LogP contribution in [-0.2, 0) is 10.0 Å². The Morgan fingerprint density at radius 1 is 1.41 bits per heavy atom. The van der Waals surface area contributed by atoms with E-state index in [9.17, 15) is 18.5 Å². The fraction of sp³-hybridized carbons (Fsp3) is 0.500. The van der Waals surface area contributed by atoms with Gasteiger partial charge in [0, 0.05) is 19.7 Å². The van der Waals surface area contributed by atoms with Gasteiger partial charge in [0.2, 0.25) is 0 Å². The lowest BCUT2D eigenvalue weighted by molar-refractivity contribution is -0.387. The Labute approximate surface area is 141 Å². The van der Waals surface area contributed by atoms with Crippen molar-refractivity contribution in [3.05, 3.63) is 33.3 Å². The number of nitrogens with zero attached hydrogens (tertiary/aromatic N) is 2. The van der Waals surface area contributed by atoms with E-state index in [1.165, 1.54) is 19.2 Å². The van der Waals surface area contributed by atoms with Gasteiger partial charge in [0.05, 0.1) is 9.95 Å². The van der Waals surface area contributed by atoms with Crippen LogP contribution in [0.4, 0.5) is 5.69 Å². The van der Waals surface area contributed by atoms with Gasteiger partial charge in [0.25, 0.3) is 15.7 Å². The minimum atomic E-state index is -4.08. The predicted molar refractivity (Wildman–Crippen MR) is 88.0 cm³/mol. The third-order valence-corrected chi connectivity index (χ3v) is 5.34. The van der Waals surface area contributed by atoms with Crippen LogP contribution in [0, 0.1) is 15.5 Å². The Hall–Kier alpha value is -0.930. The first-order chi connectivity index (χ1) is 9.53. The van der Waals surface area contributed by atoms with E-state index in [2.05, 4.69) is 0 Å². The number of sulfonamides is 1. The molecule has 0 aliphatic carbocycles. The summed E-state index contributed by atoms with van der Waals surface area (Å²) in [7, 11) is -2.74. The van der Waals surface area contributed by atoms with Crippen molar-refractivity contribution in [2.45, 2.75) is 18.7 Å². The molecule has 0 aliphatic rings. The molecule has 0 heterocycles. The standard InChI is InChI=1S/C12H18ClN3O4S.ClH/c1-12(2,7-14)8-15(3)21(19,20)11-9(13)5-4-6-10(11)16(17)18;/h4-6H,7-8,14H2,1-3H3;1H. The van der Waals surface area contributed by atoms with Crippen molar-refractivity contribution in [1.82, 2.24) is 4.31 Å². The molecule has 1 aromatic carbocycles. The van der Waals surface area contributed by atoms with Crippen molar-refractivity contribution in [3.8, 4) is 0 Å². The van der Waals surface area contributed by atoms with Crippen LogP contribution < -0.4 is 5.73 Å². The number of halogens is 2. The number of hydrogen-bond acceptors (Lipinski definition) is 5. The van der Waals surface area contributed by atoms with Gasteiger partial charge < -0.3 is 5.73 Å². The Morgan fingerprint density at radius 3 is 2.41 bits per heavy atom. The van der Waals surface area contributed by atoms with Crippen molar-refractivity contribution < 1.29 is 13.3 Å². The molecule has 0 unspecified atom stereocenters. The van der Waals surface area contributed by atoms with E-state index in [-0.39, 0.29) is 30.5 Å². The van der Waals surface area contributed by atoms with Crippen molar-refractivity contribution in [2.75, 3.05) is 20.1 Å². The number of nitro groups is 1. The van der Waals surface area contributed by atoms with Gasteiger partial charge in [-0.05, 0) is 18.0 Å². The molecule has 0 fully saturated rings. The molecule has 0 aliphatic heterocycles. The maximum absolute atomic E-state index is 12.6. The van der Waals surface area contributed by atoms with Crippen LogP contribution in [0.15, 0.2) is 23.1 Å². The van der Waals surface area contributed by atoms with Crippen molar-refractivity contribution in [2.24, 2.45) is 11.1 Å². The average Bonchev–Trinajstić information content (AvgIpc) is 2.37. The third-order valence-electron chi connectivity index (χ3n) is 3.01.